The summed E-state index contributed by atoms with van der Waals surface area (Å²) in [4.78, 5) is 16.8. The zero-order chi connectivity index (χ0) is 14.9. The predicted molar refractivity (Wildman–Crippen MR) is 79.9 cm³/mol. The van der Waals surface area contributed by atoms with Crippen LogP contribution in [0, 0.1) is 23.0 Å². The molecule has 2 heterocycles. The highest BCUT2D eigenvalue weighted by Crippen LogP contribution is 2.34. The van der Waals surface area contributed by atoms with E-state index in [1.54, 1.807) is 6.92 Å². The molecule has 7 heteroatoms. The van der Waals surface area contributed by atoms with E-state index in [4.69, 9.17) is 0 Å². The van der Waals surface area contributed by atoms with Crippen molar-refractivity contribution in [1.29, 1.82) is 0 Å². The molecule has 1 saturated heterocycles. The van der Waals surface area contributed by atoms with Crippen molar-refractivity contribution in [2.75, 3.05) is 18.0 Å². The van der Waals surface area contributed by atoms with Gasteiger partial charge in [-0.05, 0) is 48.5 Å². The van der Waals surface area contributed by atoms with E-state index in [0.29, 0.717) is 16.0 Å². The normalized spacial score (nSPS) is 18.1. The summed E-state index contributed by atoms with van der Waals surface area (Å²) in [7, 11) is 0. The average molecular weight is 344 g/mol. The topological polar surface area (TPSA) is 79.5 Å². The molecule has 20 heavy (non-hydrogen) atoms. The lowest BCUT2D eigenvalue weighted by Gasteiger charge is -2.34. The molecule has 1 N–H and O–H groups in total. The van der Waals surface area contributed by atoms with Gasteiger partial charge in [-0.25, -0.2) is 4.98 Å². The highest BCUT2D eigenvalue weighted by atomic mass is 79.9. The first-order chi connectivity index (χ1) is 9.41. The van der Waals surface area contributed by atoms with Gasteiger partial charge < -0.3 is 10.0 Å². The van der Waals surface area contributed by atoms with Gasteiger partial charge in [-0.2, -0.15) is 0 Å². The summed E-state index contributed by atoms with van der Waals surface area (Å²) in [5.74, 6) is 1.07. The minimum Gasteiger partial charge on any atom is -0.393 e. The molecule has 0 bridgehead atoms. The summed E-state index contributed by atoms with van der Waals surface area (Å²) in [6, 6.07) is 0. The van der Waals surface area contributed by atoms with Crippen LogP contribution in [0.3, 0.4) is 0 Å². The number of anilines is 1. The minimum atomic E-state index is -0.420. The van der Waals surface area contributed by atoms with E-state index >= 15 is 0 Å². The van der Waals surface area contributed by atoms with Crippen LogP contribution in [-0.2, 0) is 0 Å². The molecular formula is C13H18BrN3O3. The molecule has 0 aromatic carbocycles. The van der Waals surface area contributed by atoms with Crippen molar-refractivity contribution >= 4 is 27.4 Å². The molecule has 110 valence electrons. The van der Waals surface area contributed by atoms with Crippen LogP contribution in [0.1, 0.15) is 25.3 Å². The third kappa shape index (κ3) is 2.93. The van der Waals surface area contributed by atoms with Crippen molar-refractivity contribution in [2.24, 2.45) is 5.92 Å². The first kappa shape index (κ1) is 15.2. The van der Waals surface area contributed by atoms with E-state index < -0.39 is 4.92 Å². The van der Waals surface area contributed by atoms with Gasteiger partial charge in [0.15, 0.2) is 0 Å². The second-order valence-electron chi connectivity index (χ2n) is 5.23. The standard InChI is InChI=1S/C13H18BrN3O3/c1-8-11(17(19)20)7-15-13(12(8)14)16-5-3-10(4-6-16)9(2)18/h7,9-10,18H,3-6H2,1-2H3. The van der Waals surface area contributed by atoms with E-state index in [-0.39, 0.29) is 11.8 Å². The van der Waals surface area contributed by atoms with Crippen LogP contribution in [0.25, 0.3) is 0 Å². The van der Waals surface area contributed by atoms with Crippen molar-refractivity contribution in [3.63, 3.8) is 0 Å². The van der Waals surface area contributed by atoms with Gasteiger partial charge >= 0.3 is 0 Å². The number of hydrogen-bond donors (Lipinski definition) is 1. The Balaban J connectivity index is 2.19. The van der Waals surface area contributed by atoms with E-state index in [1.165, 1.54) is 6.20 Å². The second-order valence-corrected chi connectivity index (χ2v) is 6.02. The fourth-order valence-electron chi connectivity index (χ4n) is 2.55. The summed E-state index contributed by atoms with van der Waals surface area (Å²) < 4.78 is 0.683. The maximum absolute atomic E-state index is 10.9. The molecule has 1 unspecified atom stereocenters. The van der Waals surface area contributed by atoms with Crippen molar-refractivity contribution in [3.05, 3.63) is 26.3 Å². The Labute approximate surface area is 126 Å². The number of halogens is 1. The third-order valence-electron chi connectivity index (χ3n) is 3.94. The molecular weight excluding hydrogens is 326 g/mol. The molecule has 1 aliphatic heterocycles. The summed E-state index contributed by atoms with van der Waals surface area (Å²) in [6.07, 6.45) is 2.84. The quantitative estimate of drug-likeness (QED) is 0.674. The van der Waals surface area contributed by atoms with Gasteiger partial charge in [0.1, 0.15) is 12.0 Å². The van der Waals surface area contributed by atoms with Crippen molar-refractivity contribution in [3.8, 4) is 0 Å². The highest BCUT2D eigenvalue weighted by molar-refractivity contribution is 9.10. The number of piperidine rings is 1. The molecule has 1 aromatic rings. The van der Waals surface area contributed by atoms with Crippen LogP contribution in [0.4, 0.5) is 11.5 Å². The molecule has 0 spiro atoms. The van der Waals surface area contributed by atoms with Gasteiger partial charge in [0, 0.05) is 18.7 Å². The predicted octanol–water partition coefficient (Wildman–Crippen LogP) is 2.66. The number of rotatable bonds is 3. The molecule has 1 atom stereocenters. The molecule has 0 amide bonds. The number of aliphatic hydroxyl groups excluding tert-OH is 1. The molecule has 0 aliphatic carbocycles. The fraction of sp³-hybridized carbons (Fsp3) is 0.615. The van der Waals surface area contributed by atoms with Gasteiger partial charge in [0.05, 0.1) is 15.5 Å². The zero-order valence-corrected chi connectivity index (χ0v) is 13.1. The molecule has 2 rings (SSSR count). The van der Waals surface area contributed by atoms with Gasteiger partial charge in [-0.3, -0.25) is 10.1 Å². The Morgan fingerprint density at radius 2 is 2.15 bits per heavy atom. The van der Waals surface area contributed by atoms with E-state index in [1.807, 2.05) is 6.92 Å². The molecule has 1 fully saturated rings. The molecule has 0 radical (unpaired) electrons. The Kier molecular flexibility index (Phi) is 4.59. The number of nitrogens with zero attached hydrogens (tertiary/aromatic N) is 3. The van der Waals surface area contributed by atoms with Gasteiger partial charge in [-0.1, -0.05) is 0 Å². The van der Waals surface area contributed by atoms with Crippen LogP contribution in [0.15, 0.2) is 10.7 Å². The molecule has 1 aliphatic rings. The van der Waals surface area contributed by atoms with Crippen molar-refractivity contribution in [2.45, 2.75) is 32.8 Å². The third-order valence-corrected chi connectivity index (χ3v) is 4.89. The van der Waals surface area contributed by atoms with Crippen LogP contribution in [0.5, 0.6) is 0 Å². The molecule has 6 nitrogen and oxygen atoms in total. The zero-order valence-electron chi connectivity index (χ0n) is 11.5. The largest absolute Gasteiger partial charge is 0.393 e. The van der Waals surface area contributed by atoms with Crippen LogP contribution in [0.2, 0.25) is 0 Å². The van der Waals surface area contributed by atoms with E-state index in [0.717, 1.165) is 31.7 Å². The minimum absolute atomic E-state index is 0.0273. The molecule has 0 saturated carbocycles. The summed E-state index contributed by atoms with van der Waals surface area (Å²) in [6.45, 7) is 5.15. The fourth-order valence-corrected chi connectivity index (χ4v) is 3.11. The number of aliphatic hydroxyl groups is 1. The van der Waals surface area contributed by atoms with Gasteiger partial charge in [-0.15, -0.1) is 0 Å². The second kappa shape index (κ2) is 6.05. The lowest BCUT2D eigenvalue weighted by Crippen LogP contribution is -2.37. The van der Waals surface area contributed by atoms with Gasteiger partial charge in [0.25, 0.3) is 5.69 Å². The first-order valence-electron chi connectivity index (χ1n) is 6.64. The number of pyridine rings is 1. The number of nitro groups is 1. The lowest BCUT2D eigenvalue weighted by atomic mass is 9.92. The van der Waals surface area contributed by atoms with Crippen LogP contribution < -0.4 is 4.90 Å². The summed E-state index contributed by atoms with van der Waals surface area (Å²) >= 11 is 3.42. The Bertz CT molecular complexity index is 514. The van der Waals surface area contributed by atoms with Crippen LogP contribution >= 0.6 is 15.9 Å². The maximum atomic E-state index is 10.9. The van der Waals surface area contributed by atoms with Gasteiger partial charge in [0.2, 0.25) is 0 Å². The molecule has 1 aromatic heterocycles. The Morgan fingerprint density at radius 1 is 1.55 bits per heavy atom. The SMILES string of the molecule is Cc1c([N+](=O)[O-])cnc(N2CCC(C(C)O)CC2)c1Br. The van der Waals surface area contributed by atoms with Crippen LogP contribution in [-0.4, -0.2) is 34.2 Å². The lowest BCUT2D eigenvalue weighted by molar-refractivity contribution is -0.385. The number of hydrogen-bond acceptors (Lipinski definition) is 5. The van der Waals surface area contributed by atoms with E-state index in [9.17, 15) is 15.2 Å². The maximum Gasteiger partial charge on any atom is 0.291 e. The monoisotopic (exact) mass is 343 g/mol. The summed E-state index contributed by atoms with van der Waals surface area (Å²) in [5.41, 5.74) is 0.622. The average Bonchev–Trinajstić information content (AvgIpc) is 2.41. The highest BCUT2D eigenvalue weighted by Gasteiger charge is 2.26. The Morgan fingerprint density at radius 3 is 2.65 bits per heavy atom. The smallest absolute Gasteiger partial charge is 0.291 e. The van der Waals surface area contributed by atoms with E-state index in [2.05, 4.69) is 25.8 Å². The number of aromatic nitrogens is 1. The first-order valence-corrected chi connectivity index (χ1v) is 7.43. The Hall–Kier alpha value is -1.21. The van der Waals surface area contributed by atoms with Crippen molar-refractivity contribution < 1.29 is 10.0 Å². The summed E-state index contributed by atoms with van der Waals surface area (Å²) in [5, 5.41) is 20.5. The van der Waals surface area contributed by atoms with Crippen molar-refractivity contribution in [1.82, 2.24) is 4.98 Å².